The zero-order chi connectivity index (χ0) is 24.8. The molecule has 10 nitrogen and oxygen atoms in total. The molecule has 0 atom stereocenters. The molecule has 4 aromatic rings. The number of ether oxygens (including phenoxy) is 1. The number of sulfonamides is 1. The Bertz CT molecular complexity index is 1460. The van der Waals surface area contributed by atoms with E-state index < -0.39 is 15.9 Å². The Kier molecular flexibility index (Phi) is 6.78. The van der Waals surface area contributed by atoms with E-state index in [1.165, 1.54) is 25.3 Å². The van der Waals surface area contributed by atoms with Crippen molar-refractivity contribution < 1.29 is 23.1 Å². The second kappa shape index (κ2) is 10.1. The van der Waals surface area contributed by atoms with Crippen LogP contribution >= 0.6 is 0 Å². The third-order valence-corrected chi connectivity index (χ3v) is 6.19. The molecule has 1 heterocycles. The minimum atomic E-state index is -4.04. The van der Waals surface area contributed by atoms with E-state index >= 15 is 0 Å². The van der Waals surface area contributed by atoms with Gasteiger partial charge in [-0.3, -0.25) is 9.52 Å². The van der Waals surface area contributed by atoms with Crippen molar-refractivity contribution in [1.82, 2.24) is 9.97 Å². The van der Waals surface area contributed by atoms with Gasteiger partial charge >= 0.3 is 0 Å². The van der Waals surface area contributed by atoms with Crippen LogP contribution in [0.4, 0.5) is 23.0 Å². The van der Waals surface area contributed by atoms with E-state index in [2.05, 4.69) is 25.3 Å². The van der Waals surface area contributed by atoms with Crippen molar-refractivity contribution >= 4 is 38.9 Å². The van der Waals surface area contributed by atoms with Gasteiger partial charge in [0.05, 0.1) is 23.4 Å². The molecule has 0 unspecified atom stereocenters. The highest BCUT2D eigenvalue weighted by Crippen LogP contribution is 2.30. The quantitative estimate of drug-likeness (QED) is 0.271. The standard InChI is InChI=1S/C24H21N5O5S/c1-34-22-9-3-2-8-19(22)29-35(32,33)18-10-11-21(30)20(15-18)28-23(31)16-6-4-7-17(14-16)27-24-25-12-5-13-26-24/h2-15,29-30H,1H3,(H,28,31)(H,25,26,27). The van der Waals surface area contributed by atoms with Crippen molar-refractivity contribution in [3.8, 4) is 11.5 Å². The summed E-state index contributed by atoms with van der Waals surface area (Å²) in [6.45, 7) is 0. The molecule has 4 rings (SSSR count). The summed E-state index contributed by atoms with van der Waals surface area (Å²) < 4.78 is 33.5. The predicted molar refractivity (Wildman–Crippen MR) is 132 cm³/mol. The Balaban J connectivity index is 1.54. The summed E-state index contributed by atoms with van der Waals surface area (Å²) in [7, 11) is -2.61. The lowest BCUT2D eigenvalue weighted by atomic mass is 10.2. The molecule has 0 spiro atoms. The lowest BCUT2D eigenvalue weighted by molar-refractivity contribution is 0.102. The number of amides is 1. The number of carbonyl (C=O) groups excluding carboxylic acids is 1. The molecule has 0 aliphatic rings. The van der Waals surface area contributed by atoms with Crippen molar-refractivity contribution in [3.63, 3.8) is 0 Å². The average molecular weight is 492 g/mol. The van der Waals surface area contributed by atoms with Gasteiger partial charge in [0, 0.05) is 23.6 Å². The van der Waals surface area contributed by atoms with Gasteiger partial charge in [-0.05, 0) is 54.6 Å². The SMILES string of the molecule is COc1ccccc1NS(=O)(=O)c1ccc(O)c(NC(=O)c2cccc(Nc3ncccn3)c2)c1. The summed E-state index contributed by atoms with van der Waals surface area (Å²) in [4.78, 5) is 20.8. The van der Waals surface area contributed by atoms with E-state index in [1.54, 1.807) is 67.0 Å². The van der Waals surface area contributed by atoms with Gasteiger partial charge in [-0.1, -0.05) is 18.2 Å². The van der Waals surface area contributed by atoms with Crippen LogP contribution in [0.5, 0.6) is 11.5 Å². The molecule has 0 aliphatic carbocycles. The number of para-hydroxylation sites is 2. The van der Waals surface area contributed by atoms with Crippen LogP contribution in [0.2, 0.25) is 0 Å². The number of phenolic OH excluding ortho intramolecular Hbond substituents is 1. The topological polar surface area (TPSA) is 143 Å². The largest absolute Gasteiger partial charge is 0.506 e. The molecular weight excluding hydrogens is 470 g/mol. The highest BCUT2D eigenvalue weighted by atomic mass is 32.2. The maximum absolute atomic E-state index is 12.9. The third kappa shape index (κ3) is 5.65. The maximum atomic E-state index is 12.9. The summed E-state index contributed by atoms with van der Waals surface area (Å²) in [5.41, 5.74) is 1.03. The number of nitrogens with zero attached hydrogens (tertiary/aromatic N) is 2. The summed E-state index contributed by atoms with van der Waals surface area (Å²) in [6, 6.07) is 18.4. The van der Waals surface area contributed by atoms with Gasteiger partial charge in [0.25, 0.3) is 15.9 Å². The molecule has 35 heavy (non-hydrogen) atoms. The number of methoxy groups -OCH3 is 1. The second-order valence-corrected chi connectivity index (χ2v) is 8.90. The smallest absolute Gasteiger partial charge is 0.262 e. The van der Waals surface area contributed by atoms with E-state index in [4.69, 9.17) is 4.74 Å². The number of anilines is 4. The normalized spacial score (nSPS) is 10.9. The monoisotopic (exact) mass is 491 g/mol. The molecule has 4 N–H and O–H groups in total. The number of hydrogen-bond donors (Lipinski definition) is 4. The predicted octanol–water partition coefficient (Wildman–Crippen LogP) is 3.99. The van der Waals surface area contributed by atoms with Crippen molar-refractivity contribution in [3.05, 3.63) is 90.8 Å². The highest BCUT2D eigenvalue weighted by molar-refractivity contribution is 7.92. The van der Waals surface area contributed by atoms with Crippen LogP contribution in [0.15, 0.2) is 90.1 Å². The minimum absolute atomic E-state index is 0.0670. The van der Waals surface area contributed by atoms with E-state index in [0.717, 1.165) is 0 Å². The number of aromatic nitrogens is 2. The Morgan fingerprint density at radius 2 is 1.69 bits per heavy atom. The molecule has 0 fully saturated rings. The van der Waals surface area contributed by atoms with Crippen LogP contribution in [0.3, 0.4) is 0 Å². The first-order valence-electron chi connectivity index (χ1n) is 10.3. The number of rotatable bonds is 8. The molecule has 1 aromatic heterocycles. The van der Waals surface area contributed by atoms with Crippen molar-refractivity contribution in [2.75, 3.05) is 22.5 Å². The third-order valence-electron chi connectivity index (χ3n) is 4.82. The average Bonchev–Trinajstić information content (AvgIpc) is 2.86. The number of hydrogen-bond acceptors (Lipinski definition) is 8. The van der Waals surface area contributed by atoms with Gasteiger partial charge in [0.15, 0.2) is 0 Å². The number of phenols is 1. The van der Waals surface area contributed by atoms with Gasteiger partial charge in [-0.2, -0.15) is 0 Å². The van der Waals surface area contributed by atoms with Gasteiger partial charge in [-0.15, -0.1) is 0 Å². The number of aromatic hydroxyl groups is 1. The molecule has 178 valence electrons. The van der Waals surface area contributed by atoms with E-state index in [9.17, 15) is 18.3 Å². The molecule has 11 heteroatoms. The Morgan fingerprint density at radius 3 is 2.46 bits per heavy atom. The van der Waals surface area contributed by atoms with Gasteiger partial charge in [0.2, 0.25) is 5.95 Å². The van der Waals surface area contributed by atoms with Crippen LogP contribution in [0.1, 0.15) is 10.4 Å². The Labute approximate surface area is 201 Å². The fourth-order valence-corrected chi connectivity index (χ4v) is 4.24. The van der Waals surface area contributed by atoms with Gasteiger partial charge < -0.3 is 20.5 Å². The summed E-state index contributed by atoms with van der Waals surface area (Å²) in [5, 5.41) is 15.8. The summed E-state index contributed by atoms with van der Waals surface area (Å²) in [6.07, 6.45) is 3.16. The number of carbonyl (C=O) groups is 1. The Morgan fingerprint density at radius 1 is 0.914 bits per heavy atom. The second-order valence-electron chi connectivity index (χ2n) is 7.22. The fraction of sp³-hybridized carbons (Fsp3) is 0.0417. The van der Waals surface area contributed by atoms with Crippen LogP contribution in [-0.2, 0) is 10.0 Å². The van der Waals surface area contributed by atoms with Gasteiger partial charge in [0.1, 0.15) is 11.5 Å². The van der Waals surface area contributed by atoms with Crippen LogP contribution in [0.25, 0.3) is 0 Å². The molecule has 1 amide bonds. The molecule has 3 aromatic carbocycles. The molecule has 0 aliphatic heterocycles. The Hall–Kier alpha value is -4.64. The first-order chi connectivity index (χ1) is 16.9. The molecular formula is C24H21N5O5S. The summed E-state index contributed by atoms with van der Waals surface area (Å²) in [5.74, 6) is -0.132. The summed E-state index contributed by atoms with van der Waals surface area (Å²) >= 11 is 0. The van der Waals surface area contributed by atoms with Gasteiger partial charge in [-0.25, -0.2) is 18.4 Å². The zero-order valence-electron chi connectivity index (χ0n) is 18.5. The lowest BCUT2D eigenvalue weighted by Gasteiger charge is -2.13. The van der Waals surface area contributed by atoms with Crippen LogP contribution in [0, 0.1) is 0 Å². The van der Waals surface area contributed by atoms with E-state index in [-0.39, 0.29) is 27.6 Å². The van der Waals surface area contributed by atoms with Crippen molar-refractivity contribution in [2.24, 2.45) is 0 Å². The fourth-order valence-electron chi connectivity index (χ4n) is 3.14. The first-order valence-corrected chi connectivity index (χ1v) is 11.8. The van der Waals surface area contributed by atoms with Crippen LogP contribution < -0.4 is 20.1 Å². The lowest BCUT2D eigenvalue weighted by Crippen LogP contribution is -2.15. The number of nitrogens with one attached hydrogen (secondary N) is 3. The molecule has 0 radical (unpaired) electrons. The van der Waals surface area contributed by atoms with Crippen molar-refractivity contribution in [1.29, 1.82) is 0 Å². The maximum Gasteiger partial charge on any atom is 0.262 e. The van der Waals surface area contributed by atoms with Crippen LogP contribution in [-0.4, -0.2) is 36.5 Å². The molecule has 0 bridgehead atoms. The zero-order valence-corrected chi connectivity index (χ0v) is 19.3. The first kappa shape index (κ1) is 23.5. The number of benzene rings is 3. The van der Waals surface area contributed by atoms with E-state index in [0.29, 0.717) is 17.4 Å². The highest BCUT2D eigenvalue weighted by Gasteiger charge is 2.19. The molecule has 0 saturated heterocycles. The molecule has 0 saturated carbocycles. The van der Waals surface area contributed by atoms with E-state index in [1.807, 2.05) is 0 Å². The van der Waals surface area contributed by atoms with Crippen molar-refractivity contribution in [2.45, 2.75) is 4.90 Å². The minimum Gasteiger partial charge on any atom is -0.506 e.